The number of nitrogens with zero attached hydrogens (tertiary/aromatic N) is 5. The van der Waals surface area contributed by atoms with Crippen LogP contribution in [0.5, 0.6) is 0 Å². The molecule has 5 rings (SSSR count). The van der Waals surface area contributed by atoms with Gasteiger partial charge in [0.15, 0.2) is 18.5 Å². The normalized spacial score (nSPS) is 20.4. The number of rotatable bonds is 8. The third kappa shape index (κ3) is 6.55. The van der Waals surface area contributed by atoms with Crippen molar-refractivity contribution in [2.75, 3.05) is 45.6 Å². The average Bonchev–Trinajstić information content (AvgIpc) is 3.62. The highest BCUT2D eigenvalue weighted by molar-refractivity contribution is 7.92. The number of benzene rings is 2. The molecule has 0 aliphatic carbocycles. The van der Waals surface area contributed by atoms with Crippen molar-refractivity contribution >= 4 is 49.0 Å². The fraction of sp³-hybridized carbons (Fsp3) is 0.348. The van der Waals surface area contributed by atoms with Gasteiger partial charge in [0.25, 0.3) is 0 Å². The average molecular weight is 623 g/mol. The molecule has 0 spiro atoms. The summed E-state index contributed by atoms with van der Waals surface area (Å²) in [6.45, 7) is 2.41. The molecular formula is C23H30N10O7S2. The van der Waals surface area contributed by atoms with Crippen LogP contribution < -0.4 is 26.4 Å². The summed E-state index contributed by atoms with van der Waals surface area (Å²) < 4.78 is 56.7. The molecule has 42 heavy (non-hydrogen) atoms. The van der Waals surface area contributed by atoms with Crippen LogP contribution in [-0.2, 0) is 20.0 Å². The summed E-state index contributed by atoms with van der Waals surface area (Å²) in [4.78, 5) is 18.8. The number of H-pyrrole nitrogens is 1. The molecule has 9 N–H and O–H groups in total. The highest BCUT2D eigenvalue weighted by atomic mass is 32.2. The van der Waals surface area contributed by atoms with Crippen LogP contribution in [0, 0.1) is 0 Å². The zero-order valence-corrected chi connectivity index (χ0v) is 24.0. The number of azo groups is 1. The summed E-state index contributed by atoms with van der Waals surface area (Å²) in [5.41, 5.74) is 13.4. The minimum atomic E-state index is -4.60. The van der Waals surface area contributed by atoms with E-state index in [1.54, 1.807) is 18.2 Å². The maximum atomic E-state index is 13.7. The number of hydrogen-bond acceptors (Lipinski definition) is 12. The summed E-state index contributed by atoms with van der Waals surface area (Å²) in [7, 11) is -6.93. The molecule has 3 heterocycles. The number of nitrogens with one attached hydrogen (secondary N) is 2. The Bertz CT molecular complexity index is 1800. The second-order valence-electron chi connectivity index (χ2n) is 9.96. The van der Waals surface area contributed by atoms with Gasteiger partial charge in [0.1, 0.15) is 9.79 Å². The van der Waals surface area contributed by atoms with E-state index in [4.69, 9.17) is 31.6 Å². The molecule has 1 unspecified atom stereocenters. The number of anilines is 1. The van der Waals surface area contributed by atoms with Crippen LogP contribution in [0.4, 0.5) is 10.7 Å². The molecule has 226 valence electrons. The van der Waals surface area contributed by atoms with E-state index in [0.29, 0.717) is 52.7 Å². The number of quaternary nitrogens is 1. The number of primary sulfonamides is 1. The van der Waals surface area contributed by atoms with Crippen molar-refractivity contribution in [1.82, 2.24) is 14.7 Å². The van der Waals surface area contributed by atoms with E-state index in [0.717, 1.165) is 6.54 Å². The molecule has 19 heteroatoms. The number of sulfonamides is 2. The minimum absolute atomic E-state index is 0.0344. The first kappa shape index (κ1) is 30.9. The lowest BCUT2D eigenvalue weighted by Crippen LogP contribution is -2.48. The molecule has 2 aliphatic rings. The van der Waals surface area contributed by atoms with Crippen LogP contribution in [-0.4, -0.2) is 94.3 Å². The number of carboxylic acid groups (broad SMARTS) is 2. The first-order chi connectivity index (χ1) is 19.6. The molecule has 0 bridgehead atoms. The molecule has 1 fully saturated rings. The number of aromatic amines is 1. The Labute approximate surface area is 240 Å². The van der Waals surface area contributed by atoms with Gasteiger partial charge in [-0.3, -0.25) is 0 Å². The molecule has 2 aromatic carbocycles. The Balaban J connectivity index is 0.000000952. The number of nitrogens with two attached hydrogens (primary N) is 3. The lowest BCUT2D eigenvalue weighted by atomic mass is 9.97. The summed E-state index contributed by atoms with van der Waals surface area (Å²) >= 11 is 0. The smallest absolute Gasteiger partial charge is 0.249 e. The van der Waals surface area contributed by atoms with Crippen LogP contribution in [0.25, 0.3) is 22.2 Å². The quantitative estimate of drug-likeness (QED) is 0.166. The number of aliphatic imine (C=N–C) groups is 1. The molecule has 0 radical (unpaired) electrons. The number of likely N-dealkylation sites (tertiary alicyclic amines) is 1. The number of likely N-dealkylation sites (N-methyl/N-ethyl adjacent to an activating group) is 1. The van der Waals surface area contributed by atoms with Gasteiger partial charge in [-0.05, 0) is 17.7 Å². The number of aromatic nitrogens is 2. The Kier molecular flexibility index (Phi) is 8.62. The topological polar surface area (TPSA) is 284 Å². The molecule has 1 aromatic heterocycles. The number of para-hydroxylation sites is 1. The van der Waals surface area contributed by atoms with Gasteiger partial charge in [0.2, 0.25) is 26.2 Å². The van der Waals surface area contributed by atoms with Crippen LogP contribution in [0.2, 0.25) is 0 Å². The van der Waals surface area contributed by atoms with Crippen molar-refractivity contribution < 1.29 is 36.3 Å². The van der Waals surface area contributed by atoms with Gasteiger partial charge >= 0.3 is 0 Å². The predicted molar refractivity (Wildman–Crippen MR) is 150 cm³/mol. The Hall–Kier alpha value is -4.01. The van der Waals surface area contributed by atoms with Crippen molar-refractivity contribution in [2.45, 2.75) is 22.3 Å². The maximum absolute atomic E-state index is 13.7. The van der Waals surface area contributed by atoms with E-state index in [2.05, 4.69) is 29.9 Å². The van der Waals surface area contributed by atoms with Crippen molar-refractivity contribution in [3.63, 3.8) is 0 Å². The van der Waals surface area contributed by atoms with Crippen molar-refractivity contribution in [3.05, 3.63) is 35.9 Å². The second-order valence-corrected chi connectivity index (χ2v) is 13.1. The van der Waals surface area contributed by atoms with Crippen molar-refractivity contribution in [3.8, 4) is 11.1 Å². The lowest BCUT2D eigenvalue weighted by molar-refractivity contribution is -0.896. The van der Waals surface area contributed by atoms with E-state index >= 15 is 0 Å². The number of fused-ring (bicyclic) bond motifs is 1. The predicted octanol–water partition coefficient (Wildman–Crippen LogP) is -1.03. The van der Waals surface area contributed by atoms with E-state index < -0.39 is 42.0 Å². The molecular weight excluding hydrogens is 592 g/mol. The van der Waals surface area contributed by atoms with E-state index in [9.17, 15) is 16.8 Å². The van der Waals surface area contributed by atoms with Gasteiger partial charge in [0.05, 0.1) is 49.3 Å². The third-order valence-electron chi connectivity index (χ3n) is 6.86. The van der Waals surface area contributed by atoms with Crippen molar-refractivity contribution in [1.29, 1.82) is 0 Å². The highest BCUT2D eigenvalue weighted by Gasteiger charge is 2.39. The Morgan fingerprint density at radius 1 is 1.21 bits per heavy atom. The molecule has 2 aliphatic heterocycles. The number of imidazole rings is 1. The number of hydrogen-bond donors (Lipinski definition) is 6. The monoisotopic (exact) mass is 622 g/mol. The van der Waals surface area contributed by atoms with Gasteiger partial charge in [-0.15, -0.1) is 5.11 Å². The van der Waals surface area contributed by atoms with E-state index in [1.807, 2.05) is 7.05 Å². The first-order valence-corrected chi connectivity index (χ1v) is 15.5. The van der Waals surface area contributed by atoms with Gasteiger partial charge in [-0.2, -0.15) is 5.11 Å². The number of amidine groups is 1. The maximum Gasteiger partial charge on any atom is 0.249 e. The molecule has 1 saturated heterocycles. The summed E-state index contributed by atoms with van der Waals surface area (Å²) in [5.74, 6) is 0.119. The molecule has 0 saturated carbocycles. The van der Waals surface area contributed by atoms with E-state index in [-0.39, 0.29) is 24.0 Å². The fourth-order valence-electron chi connectivity index (χ4n) is 5.21. The van der Waals surface area contributed by atoms with Gasteiger partial charge in [-0.1, -0.05) is 18.2 Å². The lowest BCUT2D eigenvalue weighted by Gasteiger charge is -2.29. The summed E-state index contributed by atoms with van der Waals surface area (Å²) in [6.07, 6.45) is -1.51. The second kappa shape index (κ2) is 11.7. The van der Waals surface area contributed by atoms with Gasteiger partial charge in [-0.25, -0.2) is 36.7 Å². The SMILES string of the molecule is C[N+]1(CCN)CC[C@H](NS(=O)(=O)c2ccc(-c3cccc4[nH]c(N)nc34)c(C3=NCN=N3)c2S(N)(=O)=O)C1.O=C([O-])O. The minimum Gasteiger partial charge on any atom is -0.565 e. The van der Waals surface area contributed by atoms with Crippen LogP contribution in [0.3, 0.4) is 0 Å². The molecule has 17 nitrogen and oxygen atoms in total. The van der Waals surface area contributed by atoms with Crippen LogP contribution in [0.1, 0.15) is 12.0 Å². The zero-order valence-electron chi connectivity index (χ0n) is 22.4. The summed E-state index contributed by atoms with van der Waals surface area (Å²) in [5, 5.41) is 28.8. The van der Waals surface area contributed by atoms with Gasteiger partial charge < -0.3 is 35.9 Å². The highest BCUT2D eigenvalue weighted by Crippen LogP contribution is 2.37. The van der Waals surface area contributed by atoms with Crippen LogP contribution >= 0.6 is 0 Å². The van der Waals surface area contributed by atoms with Gasteiger partial charge in [0, 0.05) is 18.5 Å². The molecule has 0 amide bonds. The van der Waals surface area contributed by atoms with E-state index in [1.165, 1.54) is 12.1 Å². The molecule has 2 atom stereocenters. The first-order valence-electron chi connectivity index (χ1n) is 12.5. The zero-order chi connectivity index (χ0) is 30.9. The summed E-state index contributed by atoms with van der Waals surface area (Å²) in [6, 6.07) is 7.52. The Morgan fingerprint density at radius 2 is 1.93 bits per heavy atom. The number of nitrogen functional groups attached to an aromatic ring is 1. The number of carbonyl (C=O) groups is 1. The largest absolute Gasteiger partial charge is 0.565 e. The third-order valence-corrected chi connectivity index (χ3v) is 9.54. The van der Waals surface area contributed by atoms with Crippen LogP contribution in [0.15, 0.2) is 55.3 Å². The molecule has 3 aromatic rings. The van der Waals surface area contributed by atoms with Crippen molar-refractivity contribution in [2.24, 2.45) is 26.1 Å². The fourth-order valence-corrected chi connectivity index (χ4v) is 8.07. The Morgan fingerprint density at radius 3 is 2.55 bits per heavy atom. The standard InChI is InChI=1S/C22H29N10O4S2.CH2O3/c1-32(10-8-23)9-7-13(11-32)31-38(35,36)17-6-5-14(15-3-2-4-16-19(15)29-22(24)28-16)18(20(17)37(25,33)34)21-26-12-27-30-21;2-1(3)4/h2-6,13,31H,7-12,23H2,1H3,(H3,24,28,29)(H2,25,33,34);(H2,2,3,4)/q+1;/p-1/t13-,32?;/m0./s1.